The second-order valence-corrected chi connectivity index (χ2v) is 8.65. The quantitative estimate of drug-likeness (QED) is 0.440. The first-order chi connectivity index (χ1) is 11.5. The molecule has 3 nitrogen and oxygen atoms in total. The number of ether oxygens (including phenoxy) is 2. The Labute approximate surface area is 143 Å². The summed E-state index contributed by atoms with van der Waals surface area (Å²) in [7, 11) is 0. The fourth-order valence-corrected chi connectivity index (χ4v) is 6.44. The van der Waals surface area contributed by atoms with Crippen LogP contribution < -0.4 is 4.74 Å². The van der Waals surface area contributed by atoms with Crippen LogP contribution in [0.1, 0.15) is 63.0 Å². The zero-order valence-corrected chi connectivity index (χ0v) is 14.6. The van der Waals surface area contributed by atoms with Gasteiger partial charge in [-0.1, -0.05) is 13.0 Å². The van der Waals surface area contributed by atoms with E-state index < -0.39 is 0 Å². The molecule has 128 valence electrons. The molecule has 1 aromatic rings. The van der Waals surface area contributed by atoms with Crippen LogP contribution in [0.15, 0.2) is 18.2 Å². The van der Waals surface area contributed by atoms with Crippen molar-refractivity contribution in [2.45, 2.75) is 63.9 Å². The van der Waals surface area contributed by atoms with E-state index in [4.69, 9.17) is 9.47 Å². The van der Waals surface area contributed by atoms with Gasteiger partial charge in [-0.2, -0.15) is 0 Å². The summed E-state index contributed by atoms with van der Waals surface area (Å²) >= 11 is 0. The minimum Gasteiger partial charge on any atom is -0.427 e. The van der Waals surface area contributed by atoms with E-state index >= 15 is 0 Å². The van der Waals surface area contributed by atoms with Crippen LogP contribution in [0.4, 0.5) is 0 Å². The Bertz CT molecular complexity index is 705. The number of hydrogen-bond acceptors (Lipinski definition) is 3. The lowest BCUT2D eigenvalue weighted by molar-refractivity contribution is -0.131. The Morgan fingerprint density at radius 1 is 1.25 bits per heavy atom. The van der Waals surface area contributed by atoms with E-state index in [1.165, 1.54) is 50.2 Å². The number of hydrogen-bond donors (Lipinski definition) is 0. The molecule has 0 unspecified atom stereocenters. The molecule has 1 aliphatic heterocycles. The third kappa shape index (κ3) is 1.91. The highest BCUT2D eigenvalue weighted by molar-refractivity contribution is 5.69. The summed E-state index contributed by atoms with van der Waals surface area (Å²) in [5.41, 5.74) is 3.56. The van der Waals surface area contributed by atoms with Crippen LogP contribution in [0.2, 0.25) is 0 Å². The van der Waals surface area contributed by atoms with Crippen LogP contribution in [-0.2, 0) is 16.0 Å². The summed E-state index contributed by atoms with van der Waals surface area (Å²) < 4.78 is 11.3. The molecule has 0 bridgehead atoms. The van der Waals surface area contributed by atoms with Crippen LogP contribution in [0.25, 0.3) is 0 Å². The van der Waals surface area contributed by atoms with Crippen LogP contribution >= 0.6 is 0 Å². The predicted molar refractivity (Wildman–Crippen MR) is 91.1 cm³/mol. The third-order valence-electron chi connectivity index (χ3n) is 7.74. The van der Waals surface area contributed by atoms with Gasteiger partial charge >= 0.3 is 5.97 Å². The van der Waals surface area contributed by atoms with Crippen LogP contribution in [0.3, 0.4) is 0 Å². The van der Waals surface area contributed by atoms with E-state index in [1.807, 2.05) is 6.07 Å². The second-order valence-electron chi connectivity index (χ2n) is 8.65. The highest BCUT2D eigenvalue weighted by Crippen LogP contribution is 2.68. The monoisotopic (exact) mass is 326 g/mol. The van der Waals surface area contributed by atoms with Crippen LogP contribution in [0.5, 0.6) is 5.75 Å². The lowest BCUT2D eigenvalue weighted by Gasteiger charge is -2.50. The molecule has 2 saturated carbocycles. The van der Waals surface area contributed by atoms with Crippen molar-refractivity contribution in [1.82, 2.24) is 0 Å². The largest absolute Gasteiger partial charge is 0.427 e. The van der Waals surface area contributed by atoms with Crippen molar-refractivity contribution < 1.29 is 14.3 Å². The van der Waals surface area contributed by atoms with Crippen molar-refractivity contribution in [2.75, 3.05) is 6.61 Å². The zero-order valence-electron chi connectivity index (χ0n) is 14.6. The molecule has 3 heteroatoms. The molecule has 3 aliphatic carbocycles. The molecule has 0 aromatic heterocycles. The van der Waals surface area contributed by atoms with Crippen molar-refractivity contribution >= 4 is 5.97 Å². The maximum atomic E-state index is 11.2. The summed E-state index contributed by atoms with van der Waals surface area (Å²) in [4.78, 5) is 11.2. The van der Waals surface area contributed by atoms with E-state index in [1.54, 1.807) is 0 Å². The molecule has 1 heterocycles. The first kappa shape index (κ1) is 14.9. The highest BCUT2D eigenvalue weighted by Gasteiger charge is 2.68. The average Bonchev–Trinajstić information content (AvgIpc) is 3.28. The Morgan fingerprint density at radius 2 is 2.08 bits per heavy atom. The van der Waals surface area contributed by atoms with Gasteiger partial charge in [0.2, 0.25) is 0 Å². The number of benzene rings is 1. The topological polar surface area (TPSA) is 38.8 Å². The van der Waals surface area contributed by atoms with Crippen molar-refractivity contribution in [1.29, 1.82) is 0 Å². The molecule has 0 N–H and O–H groups in total. The number of fused-ring (bicyclic) bond motifs is 6. The highest BCUT2D eigenvalue weighted by atomic mass is 16.6. The Balaban J connectivity index is 1.46. The molecule has 5 rings (SSSR count). The molecule has 1 spiro atoms. The first-order valence-corrected chi connectivity index (χ1v) is 9.48. The smallest absolute Gasteiger partial charge is 0.308 e. The van der Waals surface area contributed by atoms with Crippen molar-refractivity contribution in [2.24, 2.45) is 17.3 Å². The number of epoxide rings is 1. The van der Waals surface area contributed by atoms with Gasteiger partial charge in [-0.3, -0.25) is 4.79 Å². The Morgan fingerprint density at radius 3 is 2.83 bits per heavy atom. The summed E-state index contributed by atoms with van der Waals surface area (Å²) in [6.07, 6.45) is 7.59. The van der Waals surface area contributed by atoms with Crippen molar-refractivity contribution in [3.8, 4) is 5.75 Å². The number of carbonyl (C=O) groups is 1. The van der Waals surface area contributed by atoms with Gasteiger partial charge < -0.3 is 9.47 Å². The standard InChI is InChI=1S/C21H26O3/c1-13(22)24-15-4-6-16-14(11-15)3-5-18-17(16)7-9-20(2)19(18)8-10-21(20)12-23-21/h4,6,11,17-19H,3,5,7-10,12H2,1-2H3/t17-,18-,19-,20-,21-/m1/s1. The van der Waals surface area contributed by atoms with Gasteiger partial charge in [-0.25, -0.2) is 0 Å². The molecule has 5 atom stereocenters. The van der Waals surface area contributed by atoms with E-state index in [2.05, 4.69) is 19.1 Å². The lowest BCUT2D eigenvalue weighted by Crippen LogP contribution is -2.45. The fraction of sp³-hybridized carbons (Fsp3) is 0.667. The van der Waals surface area contributed by atoms with E-state index in [9.17, 15) is 4.79 Å². The third-order valence-corrected chi connectivity index (χ3v) is 7.74. The summed E-state index contributed by atoms with van der Waals surface area (Å²) in [6, 6.07) is 6.31. The van der Waals surface area contributed by atoms with Gasteiger partial charge in [0, 0.05) is 12.3 Å². The average molecular weight is 326 g/mol. The van der Waals surface area contributed by atoms with Crippen LogP contribution in [-0.4, -0.2) is 18.2 Å². The van der Waals surface area contributed by atoms with Gasteiger partial charge in [-0.15, -0.1) is 0 Å². The SMILES string of the molecule is CC(=O)Oc1ccc2c(c1)CC[C@@H]1[C@@H]2CC[C@]2(C)[C@@H]1CC[C@@]21CO1. The van der Waals surface area contributed by atoms with E-state index in [0.29, 0.717) is 17.1 Å². The molecule has 1 saturated heterocycles. The summed E-state index contributed by atoms with van der Waals surface area (Å²) in [5.74, 6) is 2.77. The van der Waals surface area contributed by atoms with Gasteiger partial charge in [0.05, 0.1) is 12.2 Å². The molecular weight excluding hydrogens is 300 g/mol. The first-order valence-electron chi connectivity index (χ1n) is 9.48. The van der Waals surface area contributed by atoms with E-state index in [-0.39, 0.29) is 11.6 Å². The zero-order chi connectivity index (χ0) is 16.5. The maximum Gasteiger partial charge on any atom is 0.308 e. The van der Waals surface area contributed by atoms with Gasteiger partial charge in [0.15, 0.2) is 0 Å². The summed E-state index contributed by atoms with van der Waals surface area (Å²) in [5, 5.41) is 0. The number of carbonyl (C=O) groups excluding carboxylic acids is 1. The molecule has 3 fully saturated rings. The van der Waals surface area contributed by atoms with Crippen molar-refractivity contribution in [3.05, 3.63) is 29.3 Å². The maximum absolute atomic E-state index is 11.2. The fourth-order valence-electron chi connectivity index (χ4n) is 6.44. The Hall–Kier alpha value is -1.35. The number of aryl methyl sites for hydroxylation is 1. The number of esters is 1. The predicted octanol–water partition coefficient (Wildman–Crippen LogP) is 4.24. The molecule has 4 aliphatic rings. The van der Waals surface area contributed by atoms with Crippen LogP contribution in [0, 0.1) is 17.3 Å². The molecule has 1 aromatic carbocycles. The number of rotatable bonds is 1. The minimum absolute atomic E-state index is 0.238. The molecule has 0 radical (unpaired) electrons. The van der Waals surface area contributed by atoms with Gasteiger partial charge in [0.25, 0.3) is 0 Å². The minimum atomic E-state index is -0.238. The Kier molecular flexibility index (Phi) is 3.02. The molecule has 0 amide bonds. The van der Waals surface area contributed by atoms with Gasteiger partial charge in [-0.05, 0) is 79.5 Å². The molecule has 24 heavy (non-hydrogen) atoms. The summed E-state index contributed by atoms with van der Waals surface area (Å²) in [6.45, 7) is 4.97. The normalized spacial score (nSPS) is 42.2. The van der Waals surface area contributed by atoms with Gasteiger partial charge in [0.1, 0.15) is 5.75 Å². The molecular formula is C21H26O3. The second kappa shape index (κ2) is 4.85. The lowest BCUT2D eigenvalue weighted by atomic mass is 9.54. The van der Waals surface area contributed by atoms with Crippen molar-refractivity contribution in [3.63, 3.8) is 0 Å². The van der Waals surface area contributed by atoms with E-state index in [0.717, 1.165) is 24.9 Å².